The maximum Gasteiger partial charge on any atom is 0.573 e. The molecule has 92 valence electrons. The van der Waals surface area contributed by atoms with Gasteiger partial charge in [0, 0.05) is 6.54 Å². The van der Waals surface area contributed by atoms with Gasteiger partial charge in [0.25, 0.3) is 0 Å². The van der Waals surface area contributed by atoms with Gasteiger partial charge in [0.15, 0.2) is 0 Å². The van der Waals surface area contributed by atoms with E-state index in [4.69, 9.17) is 0 Å². The summed E-state index contributed by atoms with van der Waals surface area (Å²) in [5.41, 5.74) is 0.720. The van der Waals surface area contributed by atoms with Gasteiger partial charge in [-0.2, -0.15) is 0 Å². The van der Waals surface area contributed by atoms with E-state index in [9.17, 15) is 18.0 Å². The van der Waals surface area contributed by atoms with Crippen LogP contribution in [0.1, 0.15) is 11.6 Å². The van der Waals surface area contributed by atoms with Gasteiger partial charge in [-0.1, -0.05) is 12.1 Å². The lowest BCUT2D eigenvalue weighted by atomic mass is 10.1. The number of hydrogen-bond donors (Lipinski definition) is 2. The van der Waals surface area contributed by atoms with Crippen LogP contribution >= 0.6 is 0 Å². The van der Waals surface area contributed by atoms with E-state index in [1.54, 1.807) is 0 Å². The summed E-state index contributed by atoms with van der Waals surface area (Å²) in [5.74, 6) is -0.279. The minimum Gasteiger partial charge on any atom is -0.406 e. The Morgan fingerprint density at radius 2 is 1.88 bits per heavy atom. The van der Waals surface area contributed by atoms with Crippen LogP contribution in [0.4, 0.5) is 18.0 Å². The molecule has 1 heterocycles. The molecule has 0 aromatic heterocycles. The molecule has 0 spiro atoms. The molecule has 0 unspecified atom stereocenters. The number of carbonyl (C=O) groups is 1. The molecule has 1 aromatic carbocycles. The molecule has 1 saturated heterocycles. The van der Waals surface area contributed by atoms with E-state index in [0.717, 1.165) is 5.56 Å². The normalized spacial score (nSPS) is 19.7. The molecule has 1 atom stereocenters. The Morgan fingerprint density at radius 3 is 2.35 bits per heavy atom. The summed E-state index contributed by atoms with van der Waals surface area (Å²) in [4.78, 5) is 10.9. The van der Waals surface area contributed by atoms with Crippen LogP contribution in [-0.2, 0) is 0 Å². The number of nitrogens with one attached hydrogen (secondary N) is 2. The quantitative estimate of drug-likeness (QED) is 0.837. The highest BCUT2D eigenvalue weighted by molar-refractivity contribution is 5.76. The predicted molar refractivity (Wildman–Crippen MR) is 52.4 cm³/mol. The molecular weight excluding hydrogens is 237 g/mol. The van der Waals surface area contributed by atoms with Crippen molar-refractivity contribution in [1.82, 2.24) is 10.6 Å². The van der Waals surface area contributed by atoms with E-state index < -0.39 is 6.36 Å². The van der Waals surface area contributed by atoms with Crippen LogP contribution in [0.5, 0.6) is 5.75 Å². The van der Waals surface area contributed by atoms with Gasteiger partial charge in [0.2, 0.25) is 0 Å². The zero-order chi connectivity index (χ0) is 12.5. The highest BCUT2D eigenvalue weighted by Crippen LogP contribution is 2.24. The molecule has 2 rings (SSSR count). The number of rotatable bonds is 2. The Kier molecular flexibility index (Phi) is 2.83. The monoisotopic (exact) mass is 246 g/mol. The van der Waals surface area contributed by atoms with Crippen molar-refractivity contribution in [2.24, 2.45) is 0 Å². The number of benzene rings is 1. The average Bonchev–Trinajstić information content (AvgIpc) is 2.63. The molecule has 17 heavy (non-hydrogen) atoms. The minimum absolute atomic E-state index is 0.220. The largest absolute Gasteiger partial charge is 0.573 e. The molecule has 1 fully saturated rings. The Bertz CT molecular complexity index is 417. The Labute approximate surface area is 94.8 Å². The molecular formula is C10H9F3N2O2. The first-order chi connectivity index (χ1) is 7.94. The van der Waals surface area contributed by atoms with Gasteiger partial charge in [0.1, 0.15) is 5.75 Å². The third-order valence-electron chi connectivity index (χ3n) is 2.29. The van der Waals surface area contributed by atoms with E-state index in [-0.39, 0.29) is 17.8 Å². The fourth-order valence-corrected chi connectivity index (χ4v) is 1.56. The highest BCUT2D eigenvalue weighted by Gasteiger charge is 2.31. The topological polar surface area (TPSA) is 50.4 Å². The fourth-order valence-electron chi connectivity index (χ4n) is 1.56. The second kappa shape index (κ2) is 4.15. The molecule has 4 nitrogen and oxygen atoms in total. The van der Waals surface area contributed by atoms with Crippen LogP contribution in [0.25, 0.3) is 0 Å². The first-order valence-electron chi connectivity index (χ1n) is 4.84. The summed E-state index contributed by atoms with van der Waals surface area (Å²) in [5, 5.41) is 5.18. The van der Waals surface area contributed by atoms with Crippen LogP contribution in [0.2, 0.25) is 0 Å². The van der Waals surface area contributed by atoms with E-state index >= 15 is 0 Å². The smallest absolute Gasteiger partial charge is 0.406 e. The van der Waals surface area contributed by atoms with Crippen LogP contribution in [0, 0.1) is 0 Å². The van der Waals surface area contributed by atoms with Crippen molar-refractivity contribution in [3.8, 4) is 5.75 Å². The van der Waals surface area contributed by atoms with Crippen molar-refractivity contribution >= 4 is 6.03 Å². The molecule has 0 bridgehead atoms. The molecule has 2 N–H and O–H groups in total. The van der Waals surface area contributed by atoms with Gasteiger partial charge in [0.05, 0.1) is 6.04 Å². The molecule has 2 amide bonds. The maximum atomic E-state index is 11.9. The fraction of sp³-hybridized carbons (Fsp3) is 0.300. The Hall–Kier alpha value is -1.92. The number of hydrogen-bond acceptors (Lipinski definition) is 2. The molecule has 0 aliphatic carbocycles. The van der Waals surface area contributed by atoms with Crippen LogP contribution < -0.4 is 15.4 Å². The van der Waals surface area contributed by atoms with Crippen molar-refractivity contribution in [2.75, 3.05) is 6.54 Å². The van der Waals surface area contributed by atoms with Gasteiger partial charge in [-0.25, -0.2) is 4.79 Å². The lowest BCUT2D eigenvalue weighted by Gasteiger charge is -2.11. The molecule has 0 saturated carbocycles. The predicted octanol–water partition coefficient (Wildman–Crippen LogP) is 1.94. The minimum atomic E-state index is -4.69. The third kappa shape index (κ3) is 3.02. The first kappa shape index (κ1) is 11.6. The summed E-state index contributed by atoms with van der Waals surface area (Å²) in [6, 6.07) is 4.89. The molecule has 0 radical (unpaired) electrons. The van der Waals surface area contributed by atoms with E-state index in [2.05, 4.69) is 15.4 Å². The van der Waals surface area contributed by atoms with Crippen LogP contribution in [0.15, 0.2) is 24.3 Å². The van der Waals surface area contributed by atoms with Gasteiger partial charge < -0.3 is 15.4 Å². The lowest BCUT2D eigenvalue weighted by molar-refractivity contribution is -0.274. The third-order valence-corrected chi connectivity index (χ3v) is 2.29. The summed E-state index contributed by atoms with van der Waals surface area (Å²) in [6.07, 6.45) is -4.69. The van der Waals surface area contributed by atoms with Crippen molar-refractivity contribution < 1.29 is 22.7 Å². The van der Waals surface area contributed by atoms with Crippen molar-refractivity contribution in [1.29, 1.82) is 0 Å². The van der Waals surface area contributed by atoms with Crippen molar-refractivity contribution in [3.05, 3.63) is 29.8 Å². The highest BCUT2D eigenvalue weighted by atomic mass is 19.4. The van der Waals surface area contributed by atoms with Crippen LogP contribution in [0.3, 0.4) is 0 Å². The zero-order valence-electron chi connectivity index (χ0n) is 8.54. The Morgan fingerprint density at radius 1 is 1.24 bits per heavy atom. The van der Waals surface area contributed by atoms with Crippen LogP contribution in [-0.4, -0.2) is 18.9 Å². The van der Waals surface area contributed by atoms with Crippen molar-refractivity contribution in [3.63, 3.8) is 0 Å². The SMILES string of the molecule is O=C1NC[C@H](c2ccc(OC(F)(F)F)cc2)N1. The first-order valence-corrected chi connectivity index (χ1v) is 4.84. The number of alkyl halides is 3. The number of halogens is 3. The number of ether oxygens (including phenoxy) is 1. The standard InChI is InChI=1S/C10H9F3N2O2/c11-10(12,13)17-7-3-1-6(2-4-7)8-5-14-9(16)15-8/h1-4,8H,5H2,(H2,14,15,16)/t8-/m1/s1. The molecule has 1 aliphatic heterocycles. The van der Waals surface area contributed by atoms with E-state index in [1.807, 2.05) is 0 Å². The molecule has 7 heteroatoms. The van der Waals surface area contributed by atoms with Gasteiger partial charge in [-0.15, -0.1) is 13.2 Å². The van der Waals surface area contributed by atoms with Gasteiger partial charge >= 0.3 is 12.4 Å². The second-order valence-electron chi connectivity index (χ2n) is 3.52. The summed E-state index contributed by atoms with van der Waals surface area (Å²) < 4.78 is 39.5. The van der Waals surface area contributed by atoms with E-state index in [1.165, 1.54) is 24.3 Å². The summed E-state index contributed by atoms with van der Waals surface area (Å²) in [6.45, 7) is 0.415. The van der Waals surface area contributed by atoms with Gasteiger partial charge in [-0.05, 0) is 17.7 Å². The number of carbonyl (C=O) groups excluding carboxylic acids is 1. The van der Waals surface area contributed by atoms with Crippen molar-refractivity contribution in [2.45, 2.75) is 12.4 Å². The number of amides is 2. The molecule has 1 aliphatic rings. The Balaban J connectivity index is 2.05. The van der Waals surface area contributed by atoms with E-state index in [0.29, 0.717) is 6.54 Å². The lowest BCUT2D eigenvalue weighted by Crippen LogP contribution is -2.21. The second-order valence-corrected chi connectivity index (χ2v) is 3.52. The summed E-state index contributed by atoms with van der Waals surface area (Å²) >= 11 is 0. The number of urea groups is 1. The average molecular weight is 246 g/mol. The zero-order valence-corrected chi connectivity index (χ0v) is 8.54. The summed E-state index contributed by atoms with van der Waals surface area (Å²) in [7, 11) is 0. The molecule has 1 aromatic rings. The maximum absolute atomic E-state index is 11.9. The van der Waals surface area contributed by atoms with Gasteiger partial charge in [-0.3, -0.25) is 0 Å².